The first-order chi connectivity index (χ1) is 5.74. The Morgan fingerprint density at radius 2 is 2.42 bits per heavy atom. The summed E-state index contributed by atoms with van der Waals surface area (Å²) < 4.78 is 5.43. The Morgan fingerprint density at radius 3 is 2.83 bits per heavy atom. The monoisotopic (exact) mass is 235 g/mol. The van der Waals surface area contributed by atoms with Crippen molar-refractivity contribution in [2.75, 3.05) is 13.2 Å². The normalized spacial score (nSPS) is 20.8. The average molecular weight is 236 g/mol. The van der Waals surface area contributed by atoms with Crippen LogP contribution in [0.2, 0.25) is 0 Å². The van der Waals surface area contributed by atoms with E-state index in [0.29, 0.717) is 12.5 Å². The van der Waals surface area contributed by atoms with E-state index in [1.165, 1.54) is 12.8 Å². The summed E-state index contributed by atoms with van der Waals surface area (Å²) in [5.41, 5.74) is 0. The van der Waals surface area contributed by atoms with Gasteiger partial charge >= 0.3 is 0 Å². The fourth-order valence-corrected chi connectivity index (χ4v) is 1.11. The minimum absolute atomic E-state index is 0.00976. The maximum atomic E-state index is 8.58. The molecular formula is C8H14BrNO2. The van der Waals surface area contributed by atoms with Gasteiger partial charge in [0.05, 0.1) is 13.2 Å². The third-order valence-corrected chi connectivity index (χ3v) is 1.76. The Morgan fingerprint density at radius 1 is 1.75 bits per heavy atom. The number of hydrogen-bond donors (Lipinski definition) is 1. The summed E-state index contributed by atoms with van der Waals surface area (Å²) in [6.07, 6.45) is 2.34. The van der Waals surface area contributed by atoms with Crippen LogP contribution in [0.1, 0.15) is 19.8 Å². The van der Waals surface area contributed by atoms with Crippen molar-refractivity contribution in [2.24, 2.45) is 10.9 Å². The van der Waals surface area contributed by atoms with Gasteiger partial charge in [-0.05, 0) is 35.7 Å². The number of nitrogens with zero attached hydrogens (tertiary/aromatic N) is 1. The first-order valence-electron chi connectivity index (χ1n) is 4.20. The smallest absolute Gasteiger partial charge is 0.187 e. The molecule has 1 rings (SSSR count). The zero-order chi connectivity index (χ0) is 8.97. The maximum absolute atomic E-state index is 8.58. The van der Waals surface area contributed by atoms with Crippen LogP contribution >= 0.6 is 15.9 Å². The second-order valence-corrected chi connectivity index (χ2v) is 4.17. The summed E-state index contributed by atoms with van der Waals surface area (Å²) in [6.45, 7) is 2.46. The minimum atomic E-state index is 0.00976. The molecule has 0 spiro atoms. The summed E-state index contributed by atoms with van der Waals surface area (Å²) in [5, 5.41) is 8.59. The number of rotatable bonds is 4. The van der Waals surface area contributed by atoms with E-state index in [9.17, 15) is 0 Å². The molecule has 0 amide bonds. The molecule has 1 unspecified atom stereocenters. The molecule has 70 valence electrons. The molecule has 4 heteroatoms. The molecule has 1 aliphatic carbocycles. The molecule has 1 atom stereocenters. The second kappa shape index (κ2) is 4.82. The van der Waals surface area contributed by atoms with Gasteiger partial charge in [0, 0.05) is 5.92 Å². The molecule has 1 fully saturated rings. The van der Waals surface area contributed by atoms with E-state index in [1.54, 1.807) is 0 Å². The van der Waals surface area contributed by atoms with E-state index in [1.807, 2.05) is 6.92 Å². The Balaban J connectivity index is 2.37. The first-order valence-corrected chi connectivity index (χ1v) is 5.11. The number of hydrogen-bond acceptors (Lipinski definition) is 3. The lowest BCUT2D eigenvalue weighted by molar-refractivity contribution is 0.278. The zero-order valence-electron chi connectivity index (χ0n) is 7.16. The van der Waals surface area contributed by atoms with Crippen LogP contribution in [-0.4, -0.2) is 29.2 Å². The van der Waals surface area contributed by atoms with E-state index >= 15 is 0 Å². The maximum Gasteiger partial charge on any atom is 0.187 e. The predicted octanol–water partition coefficient (Wildman–Crippen LogP) is 1.54. The van der Waals surface area contributed by atoms with E-state index < -0.39 is 0 Å². The molecule has 1 saturated carbocycles. The molecule has 3 nitrogen and oxygen atoms in total. The summed E-state index contributed by atoms with van der Waals surface area (Å²) >= 11 is 3.30. The molecule has 0 radical (unpaired) electrons. The summed E-state index contributed by atoms with van der Waals surface area (Å²) in [7, 11) is 0. The van der Waals surface area contributed by atoms with Crippen molar-refractivity contribution < 1.29 is 9.84 Å². The van der Waals surface area contributed by atoms with Crippen molar-refractivity contribution in [3.63, 3.8) is 0 Å². The van der Waals surface area contributed by atoms with Gasteiger partial charge in [0.1, 0.15) is 0 Å². The van der Waals surface area contributed by atoms with Gasteiger partial charge in [0.15, 0.2) is 10.9 Å². The number of aliphatic hydroxyl groups is 1. The first kappa shape index (κ1) is 9.99. The molecule has 0 aromatic rings. The Labute approximate surface area is 81.0 Å². The Bertz CT molecular complexity index is 166. The lowest BCUT2D eigenvalue weighted by atomic mass is 10.4. The largest absolute Gasteiger partial charge is 0.466 e. The molecule has 0 heterocycles. The molecule has 0 aliphatic heterocycles. The molecule has 1 aliphatic rings. The summed E-state index contributed by atoms with van der Waals surface area (Å²) in [6, 6.07) is 0. The van der Waals surface area contributed by atoms with Gasteiger partial charge in [-0.3, -0.25) is 4.99 Å². The van der Waals surface area contributed by atoms with E-state index in [-0.39, 0.29) is 11.6 Å². The van der Waals surface area contributed by atoms with Crippen LogP contribution in [0.4, 0.5) is 0 Å². The van der Waals surface area contributed by atoms with Gasteiger partial charge in [-0.15, -0.1) is 0 Å². The van der Waals surface area contributed by atoms with E-state index in [2.05, 4.69) is 20.9 Å². The van der Waals surface area contributed by atoms with Crippen molar-refractivity contribution in [1.29, 1.82) is 0 Å². The average Bonchev–Trinajstić information content (AvgIpc) is 2.79. The van der Waals surface area contributed by atoms with Gasteiger partial charge in [-0.1, -0.05) is 0 Å². The lowest BCUT2D eigenvalue weighted by Gasteiger charge is -2.09. The zero-order valence-corrected chi connectivity index (χ0v) is 8.75. The number of ether oxygens (including phenoxy) is 1. The highest BCUT2D eigenvalue weighted by Gasteiger charge is 2.29. The van der Waals surface area contributed by atoms with E-state index in [0.717, 1.165) is 5.90 Å². The van der Waals surface area contributed by atoms with Gasteiger partial charge < -0.3 is 9.84 Å². The summed E-state index contributed by atoms with van der Waals surface area (Å²) in [4.78, 5) is 4.16. The molecule has 0 saturated heterocycles. The number of aliphatic imine (C=N–C) groups is 1. The van der Waals surface area contributed by atoms with Crippen LogP contribution in [0, 0.1) is 5.92 Å². The third-order valence-electron chi connectivity index (χ3n) is 1.58. The second-order valence-electron chi connectivity index (χ2n) is 2.88. The predicted molar refractivity (Wildman–Crippen MR) is 51.6 cm³/mol. The topological polar surface area (TPSA) is 41.8 Å². The highest BCUT2D eigenvalue weighted by Crippen LogP contribution is 2.31. The molecule has 12 heavy (non-hydrogen) atoms. The van der Waals surface area contributed by atoms with Crippen LogP contribution < -0.4 is 0 Å². The van der Waals surface area contributed by atoms with Gasteiger partial charge in [-0.2, -0.15) is 0 Å². The molecule has 0 bridgehead atoms. The Kier molecular flexibility index (Phi) is 4.01. The minimum Gasteiger partial charge on any atom is -0.466 e. The van der Waals surface area contributed by atoms with E-state index in [4.69, 9.17) is 9.84 Å². The van der Waals surface area contributed by atoms with Gasteiger partial charge in [0.25, 0.3) is 0 Å². The van der Waals surface area contributed by atoms with Crippen molar-refractivity contribution >= 4 is 21.8 Å². The third kappa shape index (κ3) is 3.54. The molecular weight excluding hydrogens is 222 g/mol. The van der Waals surface area contributed by atoms with Crippen molar-refractivity contribution in [3.8, 4) is 0 Å². The van der Waals surface area contributed by atoms with Crippen LogP contribution in [0.5, 0.6) is 0 Å². The van der Waals surface area contributed by atoms with Crippen LogP contribution in [-0.2, 0) is 4.74 Å². The molecule has 1 N–H and O–H groups in total. The Hall–Kier alpha value is -0.0900. The van der Waals surface area contributed by atoms with Crippen LogP contribution in [0.3, 0.4) is 0 Å². The van der Waals surface area contributed by atoms with Gasteiger partial charge in [0.2, 0.25) is 0 Å². The number of aliphatic hydroxyl groups excluding tert-OH is 1. The fourth-order valence-electron chi connectivity index (χ4n) is 0.919. The number of alkyl halides is 1. The van der Waals surface area contributed by atoms with Crippen molar-refractivity contribution in [3.05, 3.63) is 0 Å². The highest BCUT2D eigenvalue weighted by atomic mass is 79.9. The van der Waals surface area contributed by atoms with Gasteiger partial charge in [-0.25, -0.2) is 0 Å². The lowest BCUT2D eigenvalue weighted by Crippen LogP contribution is -2.12. The number of halogens is 1. The summed E-state index contributed by atoms with van der Waals surface area (Å²) in [5.74, 6) is 1.31. The molecule has 0 aromatic carbocycles. The highest BCUT2D eigenvalue weighted by molar-refractivity contribution is 9.09. The van der Waals surface area contributed by atoms with Crippen LogP contribution in [0.25, 0.3) is 0 Å². The van der Waals surface area contributed by atoms with Crippen molar-refractivity contribution in [1.82, 2.24) is 0 Å². The standard InChI is InChI=1S/C8H14BrNO2/c1-6(9)12-8(7-2-3-7)10-4-5-11/h6-7,11H,2-5H2,1H3. The van der Waals surface area contributed by atoms with Crippen molar-refractivity contribution in [2.45, 2.75) is 24.8 Å². The van der Waals surface area contributed by atoms with Crippen LogP contribution in [0.15, 0.2) is 4.99 Å². The molecule has 0 aromatic heterocycles. The quantitative estimate of drug-likeness (QED) is 0.457. The SMILES string of the molecule is CC(Br)OC(=NCCO)C1CC1. The fraction of sp³-hybridized carbons (Fsp3) is 0.875.